The van der Waals surface area contributed by atoms with Gasteiger partial charge in [-0.05, 0) is 62.6 Å². The van der Waals surface area contributed by atoms with E-state index in [0.717, 1.165) is 15.2 Å². The van der Waals surface area contributed by atoms with Crippen LogP contribution in [0, 0.1) is 0 Å². The van der Waals surface area contributed by atoms with Gasteiger partial charge in [0.15, 0.2) is 0 Å². The van der Waals surface area contributed by atoms with Crippen molar-refractivity contribution in [3.8, 4) is 0 Å². The minimum Gasteiger partial charge on any atom is -0.456 e. The fourth-order valence-corrected chi connectivity index (χ4v) is 2.98. The number of carbonyl (C=O) groups is 2. The lowest BCUT2D eigenvalue weighted by atomic mass is 10.0. The van der Waals surface area contributed by atoms with Gasteiger partial charge in [0.05, 0.1) is 5.56 Å². The van der Waals surface area contributed by atoms with Gasteiger partial charge in [0.25, 0.3) is 5.91 Å². The molecule has 3 aromatic rings. The van der Waals surface area contributed by atoms with Crippen LogP contribution in [0.4, 0.5) is 5.69 Å². The number of nitrogens with one attached hydrogen (secondary N) is 1. The van der Waals surface area contributed by atoms with E-state index in [2.05, 4.69) is 21.2 Å². The first-order valence-electron chi connectivity index (χ1n) is 8.56. The number of ether oxygens (including phenoxy) is 1. The predicted octanol–water partition coefficient (Wildman–Crippen LogP) is 5.81. The van der Waals surface area contributed by atoms with E-state index in [9.17, 15) is 9.59 Å². The summed E-state index contributed by atoms with van der Waals surface area (Å²) in [7, 11) is 0. The lowest BCUT2D eigenvalue weighted by molar-refractivity contribution is 0.00718. The average Bonchev–Trinajstić information content (AvgIpc) is 2.61. The first-order valence-corrected chi connectivity index (χ1v) is 9.36. The van der Waals surface area contributed by atoms with Gasteiger partial charge in [-0.15, -0.1) is 0 Å². The van der Waals surface area contributed by atoms with Crippen LogP contribution in [-0.2, 0) is 4.74 Å². The molecule has 0 saturated carbocycles. The van der Waals surface area contributed by atoms with E-state index in [0.29, 0.717) is 16.8 Å². The first-order chi connectivity index (χ1) is 12.7. The van der Waals surface area contributed by atoms with Crippen LogP contribution < -0.4 is 5.32 Å². The summed E-state index contributed by atoms with van der Waals surface area (Å²) < 4.78 is 6.41. The van der Waals surface area contributed by atoms with Gasteiger partial charge in [-0.25, -0.2) is 4.79 Å². The Kier molecular flexibility index (Phi) is 5.33. The zero-order valence-electron chi connectivity index (χ0n) is 15.4. The van der Waals surface area contributed by atoms with Crippen molar-refractivity contribution in [2.45, 2.75) is 26.4 Å². The maximum Gasteiger partial charge on any atom is 0.339 e. The van der Waals surface area contributed by atoms with Crippen molar-refractivity contribution in [2.75, 3.05) is 5.32 Å². The van der Waals surface area contributed by atoms with Crippen molar-refractivity contribution in [3.05, 3.63) is 76.3 Å². The number of benzene rings is 3. The quantitative estimate of drug-likeness (QED) is 0.538. The van der Waals surface area contributed by atoms with Crippen LogP contribution in [0.15, 0.2) is 65.1 Å². The van der Waals surface area contributed by atoms with E-state index in [1.54, 1.807) is 24.3 Å². The van der Waals surface area contributed by atoms with Crippen LogP contribution in [0.2, 0.25) is 0 Å². The molecule has 0 unspecified atom stereocenters. The van der Waals surface area contributed by atoms with Crippen LogP contribution in [0.25, 0.3) is 10.8 Å². The molecule has 0 aliphatic carbocycles. The molecule has 0 radical (unpaired) electrons. The van der Waals surface area contributed by atoms with E-state index < -0.39 is 5.60 Å². The Bertz CT molecular complexity index is 1000. The minimum absolute atomic E-state index is 0.210. The molecule has 0 aromatic heterocycles. The van der Waals surface area contributed by atoms with Crippen LogP contribution in [0.3, 0.4) is 0 Å². The molecule has 1 N–H and O–H groups in total. The smallest absolute Gasteiger partial charge is 0.339 e. The summed E-state index contributed by atoms with van der Waals surface area (Å²) in [5.74, 6) is -0.595. The summed E-state index contributed by atoms with van der Waals surface area (Å²) in [6.07, 6.45) is 0. The van der Waals surface area contributed by atoms with E-state index in [1.807, 2.05) is 57.2 Å². The maximum absolute atomic E-state index is 12.6. The molecule has 1 amide bonds. The van der Waals surface area contributed by atoms with Gasteiger partial charge in [-0.1, -0.05) is 40.2 Å². The molecule has 5 heteroatoms. The summed E-state index contributed by atoms with van der Waals surface area (Å²) in [6, 6.07) is 18.0. The Labute approximate surface area is 166 Å². The molecule has 0 heterocycles. The van der Waals surface area contributed by atoms with Gasteiger partial charge in [0, 0.05) is 21.1 Å². The molecule has 3 rings (SSSR count). The number of hydrogen-bond donors (Lipinski definition) is 1. The van der Waals surface area contributed by atoms with Gasteiger partial charge in [0.1, 0.15) is 5.60 Å². The highest BCUT2D eigenvalue weighted by Crippen LogP contribution is 2.28. The van der Waals surface area contributed by atoms with Crippen molar-refractivity contribution in [1.82, 2.24) is 0 Å². The topological polar surface area (TPSA) is 55.4 Å². The number of amides is 1. The molecule has 27 heavy (non-hydrogen) atoms. The van der Waals surface area contributed by atoms with E-state index in [4.69, 9.17) is 4.74 Å². The molecule has 0 spiro atoms. The highest BCUT2D eigenvalue weighted by molar-refractivity contribution is 9.10. The highest BCUT2D eigenvalue weighted by atomic mass is 79.9. The Hall–Kier alpha value is -2.66. The third-order valence-electron chi connectivity index (χ3n) is 3.90. The summed E-state index contributed by atoms with van der Waals surface area (Å²) in [4.78, 5) is 25.1. The number of anilines is 1. The summed E-state index contributed by atoms with van der Waals surface area (Å²) in [5, 5.41) is 4.45. The molecule has 0 fully saturated rings. The standard InChI is InChI=1S/C22H20BrNO3/c1-22(2,3)27-21(26)18-12-13-19(17-7-5-4-6-16(17)18)24-20(25)14-8-10-15(23)11-9-14/h4-13H,1-3H3,(H,24,25). The monoisotopic (exact) mass is 425 g/mol. The summed E-state index contributed by atoms with van der Waals surface area (Å²) in [6.45, 7) is 5.50. The van der Waals surface area contributed by atoms with Crippen LogP contribution >= 0.6 is 15.9 Å². The van der Waals surface area contributed by atoms with Gasteiger partial charge in [0.2, 0.25) is 0 Å². The average molecular weight is 426 g/mol. The van der Waals surface area contributed by atoms with Crippen molar-refractivity contribution in [3.63, 3.8) is 0 Å². The number of halogens is 1. The normalized spacial score (nSPS) is 11.3. The third-order valence-corrected chi connectivity index (χ3v) is 4.43. The fraction of sp³-hybridized carbons (Fsp3) is 0.182. The van der Waals surface area contributed by atoms with Crippen molar-refractivity contribution in [2.24, 2.45) is 0 Å². The van der Waals surface area contributed by atoms with Crippen LogP contribution in [-0.4, -0.2) is 17.5 Å². The first kappa shape index (κ1) is 19.1. The molecule has 3 aromatic carbocycles. The third kappa shape index (κ3) is 4.55. The Morgan fingerprint density at radius 1 is 0.889 bits per heavy atom. The molecular formula is C22H20BrNO3. The Balaban J connectivity index is 1.96. The number of carbonyl (C=O) groups excluding carboxylic acids is 2. The van der Waals surface area contributed by atoms with Crippen molar-refractivity contribution < 1.29 is 14.3 Å². The minimum atomic E-state index is -0.577. The number of esters is 1. The molecule has 0 atom stereocenters. The molecule has 0 saturated heterocycles. The van der Waals surface area contributed by atoms with E-state index in [-0.39, 0.29) is 11.9 Å². The Morgan fingerprint density at radius 3 is 2.15 bits per heavy atom. The molecule has 0 bridgehead atoms. The maximum atomic E-state index is 12.6. The second-order valence-electron chi connectivity index (χ2n) is 7.17. The van der Waals surface area contributed by atoms with Crippen LogP contribution in [0.1, 0.15) is 41.5 Å². The summed E-state index contributed by atoms with van der Waals surface area (Å²) in [5.41, 5.74) is 1.10. The summed E-state index contributed by atoms with van der Waals surface area (Å²) >= 11 is 3.36. The van der Waals surface area contributed by atoms with Gasteiger partial charge >= 0.3 is 5.97 Å². The van der Waals surface area contributed by atoms with Gasteiger partial charge in [-0.2, -0.15) is 0 Å². The SMILES string of the molecule is CC(C)(C)OC(=O)c1ccc(NC(=O)c2ccc(Br)cc2)c2ccccc12. The van der Waals surface area contributed by atoms with Crippen molar-refractivity contribution in [1.29, 1.82) is 0 Å². The zero-order valence-corrected chi connectivity index (χ0v) is 17.0. The van der Waals surface area contributed by atoms with Crippen molar-refractivity contribution >= 4 is 44.3 Å². The predicted molar refractivity (Wildman–Crippen MR) is 111 cm³/mol. The second kappa shape index (κ2) is 7.53. The largest absolute Gasteiger partial charge is 0.456 e. The zero-order chi connectivity index (χ0) is 19.6. The lowest BCUT2D eigenvalue weighted by Gasteiger charge is -2.20. The van der Waals surface area contributed by atoms with Gasteiger partial charge < -0.3 is 10.1 Å². The molecule has 138 valence electrons. The fourth-order valence-electron chi connectivity index (χ4n) is 2.71. The number of fused-ring (bicyclic) bond motifs is 1. The van der Waals surface area contributed by atoms with E-state index >= 15 is 0 Å². The molecule has 0 aliphatic heterocycles. The highest BCUT2D eigenvalue weighted by Gasteiger charge is 2.20. The number of hydrogen-bond acceptors (Lipinski definition) is 3. The van der Waals surface area contributed by atoms with Gasteiger partial charge in [-0.3, -0.25) is 4.79 Å². The second-order valence-corrected chi connectivity index (χ2v) is 8.08. The van der Waals surface area contributed by atoms with E-state index in [1.165, 1.54) is 0 Å². The lowest BCUT2D eigenvalue weighted by Crippen LogP contribution is -2.24. The number of rotatable bonds is 3. The molecule has 4 nitrogen and oxygen atoms in total. The Morgan fingerprint density at radius 2 is 1.52 bits per heavy atom. The van der Waals surface area contributed by atoms with Crippen LogP contribution in [0.5, 0.6) is 0 Å². The molecular weight excluding hydrogens is 406 g/mol. The molecule has 0 aliphatic rings.